The number of hydrogen-bond acceptors (Lipinski definition) is 8. The summed E-state index contributed by atoms with van der Waals surface area (Å²) in [7, 11) is 0. The number of carbonyl (C=O) groups is 6. The highest BCUT2D eigenvalue weighted by molar-refractivity contribution is 6.23. The zero-order valence-electron chi connectivity index (χ0n) is 18.4. The van der Waals surface area contributed by atoms with Gasteiger partial charge >= 0.3 is 5.97 Å². The molecular formula is C22H26N4O7. The van der Waals surface area contributed by atoms with Crippen LogP contribution in [0.25, 0.3) is 0 Å². The van der Waals surface area contributed by atoms with E-state index in [2.05, 4.69) is 5.32 Å². The maximum absolute atomic E-state index is 13.0. The Balaban J connectivity index is 1.68. The molecule has 33 heavy (non-hydrogen) atoms. The van der Waals surface area contributed by atoms with Crippen molar-refractivity contribution >= 4 is 35.5 Å². The predicted octanol–water partition coefficient (Wildman–Crippen LogP) is -0.0670. The van der Waals surface area contributed by atoms with E-state index in [-0.39, 0.29) is 30.4 Å². The number of nitrogens with one attached hydrogen (secondary N) is 1. The zero-order chi connectivity index (χ0) is 24.3. The third-order valence-corrected chi connectivity index (χ3v) is 5.74. The Hall–Kier alpha value is -3.60. The van der Waals surface area contributed by atoms with Crippen molar-refractivity contribution in [2.75, 3.05) is 6.73 Å². The van der Waals surface area contributed by atoms with Crippen LogP contribution in [0.1, 0.15) is 60.2 Å². The summed E-state index contributed by atoms with van der Waals surface area (Å²) in [6.07, 6.45) is 0.463. The SMILES string of the molecule is CCC(N)C(=O)N[C@@H](CC)C(=O)OCN1C(=O)CC[C@H](N2C(=O)c3ccccc3C2=O)C1=O. The van der Waals surface area contributed by atoms with Gasteiger partial charge in [-0.2, -0.15) is 0 Å². The average molecular weight is 458 g/mol. The van der Waals surface area contributed by atoms with Gasteiger partial charge in [0.1, 0.15) is 12.1 Å². The van der Waals surface area contributed by atoms with Crippen molar-refractivity contribution in [3.8, 4) is 0 Å². The number of hydrogen-bond donors (Lipinski definition) is 2. The number of ether oxygens (including phenoxy) is 1. The summed E-state index contributed by atoms with van der Waals surface area (Å²) < 4.78 is 5.12. The third-order valence-electron chi connectivity index (χ3n) is 5.74. The topological polar surface area (TPSA) is 156 Å². The Morgan fingerprint density at radius 1 is 1.09 bits per heavy atom. The second-order valence-corrected chi connectivity index (χ2v) is 7.82. The van der Waals surface area contributed by atoms with E-state index in [1.54, 1.807) is 26.0 Å². The molecule has 0 aliphatic carbocycles. The van der Waals surface area contributed by atoms with Crippen molar-refractivity contribution in [1.82, 2.24) is 15.1 Å². The lowest BCUT2D eigenvalue weighted by Gasteiger charge is -2.34. The largest absolute Gasteiger partial charge is 0.442 e. The summed E-state index contributed by atoms with van der Waals surface area (Å²) in [6.45, 7) is 2.68. The van der Waals surface area contributed by atoms with Gasteiger partial charge in [0.15, 0.2) is 6.73 Å². The van der Waals surface area contributed by atoms with Crippen LogP contribution in [0, 0.1) is 0 Å². The number of likely N-dealkylation sites (tertiary alicyclic amines) is 1. The van der Waals surface area contributed by atoms with E-state index in [4.69, 9.17) is 10.5 Å². The van der Waals surface area contributed by atoms with Crippen LogP contribution in [0.2, 0.25) is 0 Å². The zero-order valence-corrected chi connectivity index (χ0v) is 18.4. The van der Waals surface area contributed by atoms with E-state index in [9.17, 15) is 28.8 Å². The van der Waals surface area contributed by atoms with Crippen LogP contribution < -0.4 is 11.1 Å². The molecule has 2 heterocycles. The lowest BCUT2D eigenvalue weighted by Crippen LogP contribution is -2.57. The van der Waals surface area contributed by atoms with Crippen molar-refractivity contribution in [3.63, 3.8) is 0 Å². The van der Waals surface area contributed by atoms with Gasteiger partial charge < -0.3 is 15.8 Å². The fourth-order valence-electron chi connectivity index (χ4n) is 3.71. The van der Waals surface area contributed by atoms with Crippen LogP contribution in [0.4, 0.5) is 0 Å². The maximum atomic E-state index is 13.0. The smallest absolute Gasteiger partial charge is 0.330 e. The molecule has 3 N–H and O–H groups in total. The molecular weight excluding hydrogens is 432 g/mol. The quantitative estimate of drug-likeness (QED) is 0.405. The van der Waals surface area contributed by atoms with Crippen molar-refractivity contribution < 1.29 is 33.5 Å². The summed E-state index contributed by atoms with van der Waals surface area (Å²) >= 11 is 0. The standard InChI is InChI=1S/C22H26N4O7/c1-3-14(23)18(28)24-15(4-2)22(32)33-11-25-17(27)10-9-16(21(25)31)26-19(29)12-7-5-6-8-13(12)20(26)30/h5-8,14-16H,3-4,9-11,23H2,1-2H3,(H,24,28)/t14?,15-,16-/m0/s1. The number of fused-ring (bicyclic) bond motifs is 1. The Morgan fingerprint density at radius 2 is 1.70 bits per heavy atom. The molecule has 176 valence electrons. The number of imide groups is 2. The molecule has 0 aromatic heterocycles. The highest BCUT2D eigenvalue weighted by atomic mass is 16.5. The van der Waals surface area contributed by atoms with E-state index < -0.39 is 60.4 Å². The number of esters is 1. The molecule has 0 spiro atoms. The lowest BCUT2D eigenvalue weighted by molar-refractivity contribution is -0.165. The number of carbonyl (C=O) groups excluding carboxylic acids is 6. The first-order valence-electron chi connectivity index (χ1n) is 10.7. The van der Waals surface area contributed by atoms with Gasteiger partial charge in [0, 0.05) is 6.42 Å². The Kier molecular flexibility index (Phi) is 7.22. The summed E-state index contributed by atoms with van der Waals surface area (Å²) in [5, 5.41) is 2.48. The summed E-state index contributed by atoms with van der Waals surface area (Å²) in [6, 6.07) is 3.26. The van der Waals surface area contributed by atoms with Gasteiger partial charge in [-0.15, -0.1) is 0 Å². The number of rotatable bonds is 8. The highest BCUT2D eigenvalue weighted by Crippen LogP contribution is 2.29. The van der Waals surface area contributed by atoms with Gasteiger partial charge in [-0.3, -0.25) is 28.9 Å². The molecule has 2 aliphatic rings. The van der Waals surface area contributed by atoms with Gasteiger partial charge in [-0.1, -0.05) is 26.0 Å². The van der Waals surface area contributed by atoms with Crippen LogP contribution >= 0.6 is 0 Å². The molecule has 5 amide bonds. The van der Waals surface area contributed by atoms with E-state index in [1.807, 2.05) is 0 Å². The van der Waals surface area contributed by atoms with Crippen LogP contribution in [-0.4, -0.2) is 70.2 Å². The monoisotopic (exact) mass is 458 g/mol. The van der Waals surface area contributed by atoms with E-state index in [0.29, 0.717) is 11.3 Å². The predicted molar refractivity (Wildman–Crippen MR) is 113 cm³/mol. The maximum Gasteiger partial charge on any atom is 0.330 e. The number of benzene rings is 1. The minimum absolute atomic E-state index is 0.0177. The van der Waals surface area contributed by atoms with Crippen molar-refractivity contribution in [3.05, 3.63) is 35.4 Å². The fraction of sp³-hybridized carbons (Fsp3) is 0.455. The molecule has 0 saturated carbocycles. The van der Waals surface area contributed by atoms with Crippen molar-refractivity contribution in [1.29, 1.82) is 0 Å². The van der Waals surface area contributed by atoms with Gasteiger partial charge in [-0.25, -0.2) is 9.69 Å². The minimum Gasteiger partial charge on any atom is -0.442 e. The van der Waals surface area contributed by atoms with Gasteiger partial charge in [0.2, 0.25) is 11.8 Å². The molecule has 3 atom stereocenters. The average Bonchev–Trinajstić information content (AvgIpc) is 3.06. The van der Waals surface area contributed by atoms with E-state index >= 15 is 0 Å². The summed E-state index contributed by atoms with van der Waals surface area (Å²) in [5.74, 6) is -3.97. The molecule has 1 aromatic carbocycles. The molecule has 1 fully saturated rings. The summed E-state index contributed by atoms with van der Waals surface area (Å²) in [4.78, 5) is 76.8. The van der Waals surface area contributed by atoms with Crippen LogP contribution in [0.5, 0.6) is 0 Å². The van der Waals surface area contributed by atoms with Gasteiger partial charge in [0.05, 0.1) is 17.2 Å². The normalized spacial score (nSPS) is 19.9. The number of amides is 5. The molecule has 11 heteroatoms. The van der Waals surface area contributed by atoms with E-state index in [1.165, 1.54) is 12.1 Å². The van der Waals surface area contributed by atoms with Crippen molar-refractivity contribution in [2.45, 2.75) is 57.7 Å². The first-order valence-corrected chi connectivity index (χ1v) is 10.7. The fourth-order valence-corrected chi connectivity index (χ4v) is 3.71. The first-order chi connectivity index (χ1) is 15.7. The molecule has 0 radical (unpaired) electrons. The van der Waals surface area contributed by atoms with Gasteiger partial charge in [-0.05, 0) is 31.4 Å². The lowest BCUT2D eigenvalue weighted by atomic mass is 10.0. The van der Waals surface area contributed by atoms with E-state index in [0.717, 1.165) is 4.90 Å². The number of piperidine rings is 1. The highest BCUT2D eigenvalue weighted by Gasteiger charge is 2.47. The number of nitrogens with two attached hydrogens (primary N) is 1. The van der Waals surface area contributed by atoms with Crippen LogP contribution in [0.15, 0.2) is 24.3 Å². The molecule has 2 aliphatic heterocycles. The first kappa shape index (κ1) is 24.1. The molecule has 3 rings (SSSR count). The van der Waals surface area contributed by atoms with Crippen LogP contribution in [0.3, 0.4) is 0 Å². The van der Waals surface area contributed by atoms with Gasteiger partial charge in [0.25, 0.3) is 17.7 Å². The molecule has 0 bridgehead atoms. The number of nitrogens with zero attached hydrogens (tertiary/aromatic N) is 2. The Morgan fingerprint density at radius 3 is 2.24 bits per heavy atom. The second kappa shape index (κ2) is 9.90. The van der Waals surface area contributed by atoms with Crippen LogP contribution in [-0.2, 0) is 23.9 Å². The molecule has 1 aromatic rings. The summed E-state index contributed by atoms with van der Waals surface area (Å²) in [5.41, 5.74) is 6.04. The Bertz CT molecular complexity index is 973. The second-order valence-electron chi connectivity index (χ2n) is 7.82. The third kappa shape index (κ3) is 4.63. The molecule has 11 nitrogen and oxygen atoms in total. The minimum atomic E-state index is -1.18. The van der Waals surface area contributed by atoms with Crippen molar-refractivity contribution in [2.24, 2.45) is 5.73 Å². The Labute approximate surface area is 190 Å². The molecule has 1 saturated heterocycles. The molecule has 1 unspecified atom stereocenters.